The maximum atomic E-state index is 15.0. The zero-order valence-corrected chi connectivity index (χ0v) is 70.1. The number of amides is 15. The predicted molar refractivity (Wildman–Crippen MR) is 442 cm³/mol. The lowest BCUT2D eigenvalue weighted by atomic mass is 9.96. The van der Waals surface area contributed by atoms with Gasteiger partial charge in [-0.2, -0.15) is 0 Å². The maximum Gasteiger partial charge on any atom is 0.407 e. The van der Waals surface area contributed by atoms with Gasteiger partial charge in [-0.05, 0) is 94.9 Å². The molecule has 2 aromatic carbocycles. The molecule has 1 aliphatic carbocycles. The molecule has 1 fully saturated rings. The number of anilines is 1. The van der Waals surface area contributed by atoms with Gasteiger partial charge in [0, 0.05) is 54.2 Å². The van der Waals surface area contributed by atoms with Gasteiger partial charge in [-0.25, -0.2) is 9.59 Å². The van der Waals surface area contributed by atoms with Gasteiger partial charge in [0.2, 0.25) is 82.7 Å². The molecule has 0 saturated carbocycles. The van der Waals surface area contributed by atoms with E-state index in [0.717, 1.165) is 59.3 Å². The van der Waals surface area contributed by atoms with Gasteiger partial charge < -0.3 is 126 Å². The Morgan fingerprint density at radius 2 is 1.13 bits per heavy atom. The Balaban J connectivity index is 1.63. The number of carboxylic acid groups (broad SMARTS) is 4. The molecule has 0 spiro atoms. The van der Waals surface area contributed by atoms with E-state index in [1.807, 2.05) is 28.1 Å². The van der Waals surface area contributed by atoms with Gasteiger partial charge in [0.25, 0.3) is 0 Å². The number of aromatic nitrogens is 1. The number of cyclic esters (lactones) is 1. The number of alkyl carbamates (subject to hydrolysis) is 1. The second kappa shape index (κ2) is 52.7. The summed E-state index contributed by atoms with van der Waals surface area (Å²) in [6, 6.07) is -11.0. The number of unbranched alkanes of at least 4 members (excludes halogenated alkanes) is 6. The van der Waals surface area contributed by atoms with Gasteiger partial charge in [-0.3, -0.25) is 91.1 Å². The van der Waals surface area contributed by atoms with Crippen molar-refractivity contribution in [1.82, 2.24) is 79.4 Å². The van der Waals surface area contributed by atoms with Crippen LogP contribution in [0.2, 0.25) is 0 Å². The second-order valence-electron chi connectivity index (χ2n) is 30.4. The summed E-state index contributed by atoms with van der Waals surface area (Å²) in [6.45, 7) is 0.886. The van der Waals surface area contributed by atoms with Gasteiger partial charge >= 0.3 is 35.9 Å². The number of aliphatic carboxylic acids is 4. The van der Waals surface area contributed by atoms with Crippen molar-refractivity contribution in [1.29, 1.82) is 0 Å². The third-order valence-electron chi connectivity index (χ3n) is 20.1. The number of ether oxygens (including phenoxy) is 2. The summed E-state index contributed by atoms with van der Waals surface area (Å²) >= 11 is 0. The zero-order chi connectivity index (χ0) is 93.3. The summed E-state index contributed by atoms with van der Waals surface area (Å²) in [6.07, 6.45) is 2.71. The van der Waals surface area contributed by atoms with Crippen molar-refractivity contribution in [2.75, 3.05) is 32.0 Å². The van der Waals surface area contributed by atoms with Crippen molar-refractivity contribution < 1.29 is 136 Å². The maximum absolute atomic E-state index is 15.0. The van der Waals surface area contributed by atoms with Crippen LogP contribution in [0.15, 0.2) is 66.9 Å². The Hall–Kier alpha value is -13.7. The largest absolute Gasteiger partial charge is 0.481 e. The number of carboxylic acids is 4. The van der Waals surface area contributed by atoms with Crippen molar-refractivity contribution in [3.05, 3.63) is 78.0 Å². The number of fused-ring (bicyclic) bond motifs is 1. The number of hydrogen-bond donors (Lipinski definition) is 22. The van der Waals surface area contributed by atoms with Crippen LogP contribution in [0.25, 0.3) is 10.9 Å². The number of aliphatic hydroxyl groups is 1. The highest BCUT2D eigenvalue weighted by atomic mass is 16.6. The number of nitrogens with two attached hydrogens (primary N) is 2. The summed E-state index contributed by atoms with van der Waals surface area (Å²) in [5, 5.41) is 81.8. The fourth-order valence-corrected chi connectivity index (χ4v) is 13.3. The van der Waals surface area contributed by atoms with Gasteiger partial charge in [0.05, 0.1) is 51.8 Å². The molecule has 45 nitrogen and oxygen atoms in total. The third kappa shape index (κ3) is 36.0. The van der Waals surface area contributed by atoms with Crippen molar-refractivity contribution in [3.8, 4) is 0 Å². The lowest BCUT2D eigenvalue weighted by Gasteiger charge is -2.30. The van der Waals surface area contributed by atoms with E-state index >= 15 is 0 Å². The Labute approximate surface area is 722 Å². The average Bonchev–Trinajstić information content (AvgIpc) is 1.60. The molecular formula is C81H113N17O28. The summed E-state index contributed by atoms with van der Waals surface area (Å²) in [7, 11) is 0. The molecule has 5 rings (SSSR count). The highest BCUT2D eigenvalue weighted by Crippen LogP contribution is 2.23. The number of allylic oxidation sites excluding steroid dienone is 2. The average molecular weight is 1770 g/mol. The third-order valence-corrected chi connectivity index (χ3v) is 20.1. The van der Waals surface area contributed by atoms with Crippen molar-refractivity contribution >= 4 is 141 Å². The lowest BCUT2D eigenvalue weighted by Crippen LogP contribution is -2.62. The summed E-state index contributed by atoms with van der Waals surface area (Å²) < 4.78 is 11.3. The summed E-state index contributed by atoms with van der Waals surface area (Å²) in [4.78, 5) is 293. The van der Waals surface area contributed by atoms with Gasteiger partial charge in [-0.1, -0.05) is 94.9 Å². The monoisotopic (exact) mass is 1770 g/mol. The number of rotatable bonds is 37. The Morgan fingerprint density at radius 1 is 0.563 bits per heavy atom. The molecule has 45 heteroatoms. The minimum absolute atomic E-state index is 0.0290. The number of nitrogens with one attached hydrogen (secondary N) is 15. The van der Waals surface area contributed by atoms with E-state index in [9.17, 15) is 126 Å². The summed E-state index contributed by atoms with van der Waals surface area (Å²) in [5.74, 6) is -30.2. The molecular weight excluding hydrogens is 1660 g/mol. The Morgan fingerprint density at radius 3 is 1.78 bits per heavy atom. The number of benzene rings is 2. The molecule has 24 N–H and O–H groups in total. The number of nitrogen functional groups attached to an aromatic ring is 1. The first-order chi connectivity index (χ1) is 59.8. The number of aromatic amines is 1. The van der Waals surface area contributed by atoms with Crippen LogP contribution in [0, 0.1) is 5.92 Å². The van der Waals surface area contributed by atoms with Gasteiger partial charge in [0.1, 0.15) is 78.7 Å². The topological polar surface area (TPSA) is 714 Å². The molecule has 15 amide bonds. The number of hydrogen-bond acceptors (Lipinski definition) is 25. The van der Waals surface area contributed by atoms with E-state index in [2.05, 4.69) is 70.4 Å². The molecule has 0 radical (unpaired) electrons. The number of carbonyl (C=O) groups is 21. The van der Waals surface area contributed by atoms with Crippen LogP contribution in [0.4, 0.5) is 10.5 Å². The first-order valence-corrected chi connectivity index (χ1v) is 41.1. The molecule has 3 aromatic rings. The highest BCUT2D eigenvalue weighted by molar-refractivity contribution is 6.05. The van der Waals surface area contributed by atoms with Crippen LogP contribution in [-0.4, -0.2) is 260 Å². The normalized spacial score (nSPS) is 21.9. The zero-order valence-electron chi connectivity index (χ0n) is 70.1. The van der Waals surface area contributed by atoms with Crippen LogP contribution in [0.3, 0.4) is 0 Å². The number of carbonyl (C=O) groups excluding carboxylic acids is 17. The number of esters is 1. The van der Waals surface area contributed by atoms with Crippen molar-refractivity contribution in [3.63, 3.8) is 0 Å². The molecule has 1 saturated heterocycles. The molecule has 126 heavy (non-hydrogen) atoms. The first kappa shape index (κ1) is 103. The highest BCUT2D eigenvalue weighted by Gasteiger charge is 2.41. The molecule has 1 aromatic heterocycles. The first-order valence-electron chi connectivity index (χ1n) is 41.1. The number of aliphatic hydroxyl groups excluding tert-OH is 1. The van der Waals surface area contributed by atoms with E-state index in [1.165, 1.54) is 24.3 Å². The van der Waals surface area contributed by atoms with Gasteiger partial charge in [-0.15, -0.1) is 0 Å². The molecule has 14 atom stereocenters. The quantitative estimate of drug-likeness (QED) is 0.00901. The Bertz CT molecular complexity index is 4440. The minimum Gasteiger partial charge on any atom is -0.481 e. The van der Waals surface area contributed by atoms with Crippen LogP contribution in [0.5, 0.6) is 0 Å². The minimum atomic E-state index is -2.49. The lowest BCUT2D eigenvalue weighted by molar-refractivity contribution is -0.156. The van der Waals surface area contributed by atoms with E-state index in [0.29, 0.717) is 55.0 Å². The van der Waals surface area contributed by atoms with Crippen molar-refractivity contribution in [2.24, 2.45) is 11.7 Å². The molecule has 1 aliphatic heterocycles. The van der Waals surface area contributed by atoms with Crippen molar-refractivity contribution in [2.45, 2.75) is 248 Å². The number of para-hydroxylation sites is 2. The smallest absolute Gasteiger partial charge is 0.407 e. The molecule has 0 bridgehead atoms. The van der Waals surface area contributed by atoms with E-state index in [4.69, 9.17) is 20.9 Å². The van der Waals surface area contributed by atoms with E-state index in [1.54, 1.807) is 30.5 Å². The van der Waals surface area contributed by atoms with E-state index < -0.39 is 274 Å². The van der Waals surface area contributed by atoms with Crippen LogP contribution in [0.1, 0.15) is 178 Å². The van der Waals surface area contributed by atoms with Gasteiger partial charge in [0.15, 0.2) is 5.78 Å². The summed E-state index contributed by atoms with van der Waals surface area (Å²) in [5.41, 5.74) is 12.4. The van der Waals surface area contributed by atoms with E-state index in [-0.39, 0.29) is 37.1 Å². The van der Waals surface area contributed by atoms with Crippen LogP contribution in [-0.2, 0) is 107 Å². The molecule has 2 aliphatic rings. The Kier molecular flexibility index (Phi) is 43.1. The molecule has 2 unspecified atom stereocenters. The van der Waals surface area contributed by atoms with Crippen LogP contribution < -0.4 is 85.9 Å². The van der Waals surface area contributed by atoms with Crippen LogP contribution >= 0.6 is 0 Å². The number of H-pyrrole nitrogens is 1. The number of ketones is 1. The SMILES string of the molecule is CCCCCCCCCC(=O)N[C@@H](Cc1c[nH]c2ccccc12)C(=O)N[C@@H](CC(N)=O)C(=O)NC(CC(=O)O)C(=O)N[C@@H]1C(=O)NCC(=O)N[C@@H](CCCNC(=O)OC2CC/C=C/CCC2)C(=O)N[C@@H](CC(=O)O)C(=O)N[C@H](C)C(=O)N[C@@H](CC(=O)O)C(=O)NCC(=O)N[C@H](CO)C(=O)N[C@@H]([C@@H](C)CC(=O)O)C(=O)N[C@@H](CC(=O)c2ccccc2N)C(=O)O[C@@H]1C. The second-order valence-corrected chi connectivity index (χ2v) is 30.4. The fraction of sp³-hybridized carbons (Fsp3) is 0.543. The number of Topliss-reactive ketones (excluding diaryl/α,β-unsaturated/α-hetero) is 1. The fourth-order valence-electron chi connectivity index (χ4n) is 13.3. The molecule has 2 heterocycles. The predicted octanol–water partition coefficient (Wildman–Crippen LogP) is -2.97. The standard InChI is InChI=1S/C81H113N17O28/c1-5-6-7-8-9-13-16-29-61(102)90-52(32-45-38-85-50-27-20-18-24-47(45)50)74(117)93-53(34-60(83)101)75(118)95-56(37-67(111)112)76(119)98-69-44(4)125-80(123)57(33-59(100)48-25-17-19-26-49(48)82)96-79(122)68(42(2)31-64(105)106)97-77(120)58(41-99)91-63(104)39-86-71(114)54(35-65(107)108)92-70(113)43(3)88-73(116)55(36-66(109)110)94-72(115)51(89-62(103)40-87-78(69)121)28-21-30-84-81(124)126-46-22-14-11-10-12-15-23-46/h10-11,17-20,24-27,38,42-44,46,51-58,68-69,85,99H,5-9,12-16,21-23,28-37,39-41,82H2,1-4H3,(H2,83,101)(H,84,124)(H,86,114)(H,87,121)(H,88,116)(H,89,103)(H,90,102)(H,91,104)(H,92,113)(H,93,117)(H,94,115)(H,95,118)(H,96,122)(H,97,120)(H,98,119)(H,105,106)(H,107,108)(H,109,110)(H,111,112)/b11-10+/t42-,43+,44+,46?,51-,52-,53-,54-,55-,56?,57-,58+,68-,69-/m0/s1. The number of primary amides is 1. The molecule has 690 valence electrons.